The maximum Gasteiger partial charge on any atom is 0.341 e. The van der Waals surface area contributed by atoms with Crippen molar-refractivity contribution < 1.29 is 18.7 Å². The summed E-state index contributed by atoms with van der Waals surface area (Å²) < 4.78 is 21.3. The molecule has 2 aromatic carbocycles. The van der Waals surface area contributed by atoms with Crippen LogP contribution in [-0.4, -0.2) is 39.5 Å². The van der Waals surface area contributed by atoms with Crippen LogP contribution in [0, 0.1) is 5.82 Å². The normalized spacial score (nSPS) is 11.1. The first-order valence-electron chi connectivity index (χ1n) is 10.7. The number of nitrogens with zero attached hydrogens (tertiary/aromatic N) is 3. The van der Waals surface area contributed by atoms with Crippen LogP contribution in [0.4, 0.5) is 9.39 Å². The number of carbonyl (C=O) groups excluding carboxylic acids is 2. The monoisotopic (exact) mass is 538 g/mol. The lowest BCUT2D eigenvalue weighted by molar-refractivity contribution is -0.113. The van der Waals surface area contributed by atoms with Crippen molar-refractivity contribution in [3.05, 3.63) is 70.7 Å². The minimum absolute atomic E-state index is 0.0702. The molecule has 0 aliphatic rings. The highest BCUT2D eigenvalue weighted by Gasteiger charge is 2.23. The molecule has 7 nitrogen and oxygen atoms in total. The molecule has 1 N–H and O–H groups in total. The lowest BCUT2D eigenvalue weighted by atomic mass is 10.0. The molecule has 0 atom stereocenters. The van der Waals surface area contributed by atoms with Crippen LogP contribution in [0.2, 0.25) is 0 Å². The van der Waals surface area contributed by atoms with E-state index in [-0.39, 0.29) is 23.0 Å². The number of carbonyl (C=O) groups is 2. The van der Waals surface area contributed by atoms with Gasteiger partial charge in [-0.25, -0.2) is 9.18 Å². The van der Waals surface area contributed by atoms with Crippen LogP contribution in [0.3, 0.4) is 0 Å². The molecule has 0 fully saturated rings. The molecule has 0 radical (unpaired) electrons. The average Bonchev–Trinajstić information content (AvgIpc) is 3.59. The van der Waals surface area contributed by atoms with E-state index < -0.39 is 5.97 Å². The number of methoxy groups -OCH3 is 1. The molecular weight excluding hydrogens is 519 g/mol. The molecular formula is C25H19FN4O3S3. The van der Waals surface area contributed by atoms with Gasteiger partial charge >= 0.3 is 5.97 Å². The molecule has 0 aliphatic carbocycles. The van der Waals surface area contributed by atoms with Crippen LogP contribution >= 0.6 is 34.4 Å². The van der Waals surface area contributed by atoms with E-state index in [1.54, 1.807) is 28.8 Å². The number of esters is 1. The predicted molar refractivity (Wildman–Crippen MR) is 142 cm³/mol. The van der Waals surface area contributed by atoms with Crippen molar-refractivity contribution in [2.24, 2.45) is 7.05 Å². The fourth-order valence-electron chi connectivity index (χ4n) is 3.72. The van der Waals surface area contributed by atoms with Crippen LogP contribution < -0.4 is 5.32 Å². The number of hydrogen-bond acceptors (Lipinski definition) is 8. The van der Waals surface area contributed by atoms with Gasteiger partial charge in [0.25, 0.3) is 0 Å². The lowest BCUT2D eigenvalue weighted by Gasteiger charge is -2.08. The van der Waals surface area contributed by atoms with Crippen LogP contribution in [0.15, 0.2) is 64.4 Å². The van der Waals surface area contributed by atoms with E-state index in [4.69, 9.17) is 4.74 Å². The van der Waals surface area contributed by atoms with Crippen LogP contribution in [0.5, 0.6) is 0 Å². The maximum atomic E-state index is 13.3. The number of nitrogens with one attached hydrogen (secondary N) is 1. The first-order chi connectivity index (χ1) is 17.5. The topological polar surface area (TPSA) is 86.1 Å². The van der Waals surface area contributed by atoms with Gasteiger partial charge in [0, 0.05) is 39.0 Å². The van der Waals surface area contributed by atoms with E-state index in [1.165, 1.54) is 47.0 Å². The molecule has 0 saturated heterocycles. The number of ether oxygens (including phenoxy) is 1. The van der Waals surface area contributed by atoms with E-state index in [9.17, 15) is 14.0 Å². The second-order valence-electron chi connectivity index (χ2n) is 7.70. The summed E-state index contributed by atoms with van der Waals surface area (Å²) in [6.45, 7) is 0. The summed E-state index contributed by atoms with van der Waals surface area (Å²) in [6, 6.07) is 13.9. The van der Waals surface area contributed by atoms with Gasteiger partial charge in [-0.05, 0) is 23.8 Å². The zero-order chi connectivity index (χ0) is 25.2. The van der Waals surface area contributed by atoms with Gasteiger partial charge in [-0.2, -0.15) is 0 Å². The van der Waals surface area contributed by atoms with Gasteiger partial charge in [0.15, 0.2) is 11.0 Å². The molecule has 3 aromatic heterocycles. The zero-order valence-corrected chi connectivity index (χ0v) is 21.6. The Hall–Kier alpha value is -3.54. The molecule has 0 saturated carbocycles. The molecule has 5 rings (SSSR count). The standard InChI is InChI=1S/C25H19FN4O3S3/c1-30-22(18-12-34-19-6-4-3-5-16(18)19)28-29-25(30)36-13-20(31)27-23-21(24(32)33-2)17(11-35-23)14-7-9-15(26)10-8-14/h3-12H,13H2,1-2H3,(H,27,31). The van der Waals surface area contributed by atoms with Gasteiger partial charge in [0.05, 0.1) is 12.9 Å². The fraction of sp³-hybridized carbons (Fsp3) is 0.120. The van der Waals surface area contributed by atoms with Crippen LogP contribution in [-0.2, 0) is 16.6 Å². The molecule has 1 amide bonds. The van der Waals surface area contributed by atoms with Crippen molar-refractivity contribution in [2.75, 3.05) is 18.2 Å². The van der Waals surface area contributed by atoms with E-state index in [1.807, 2.05) is 23.7 Å². The van der Waals surface area contributed by atoms with Crippen molar-refractivity contribution in [1.29, 1.82) is 0 Å². The summed E-state index contributed by atoms with van der Waals surface area (Å²) >= 11 is 4.10. The SMILES string of the molecule is COC(=O)c1c(-c2ccc(F)cc2)csc1NC(=O)CSc1nnc(-c2csc3ccccc23)n1C. The average molecular weight is 539 g/mol. The Labute approximate surface area is 217 Å². The molecule has 11 heteroatoms. The summed E-state index contributed by atoms with van der Waals surface area (Å²) in [5, 5.41) is 17.3. The predicted octanol–water partition coefficient (Wildman–Crippen LogP) is 6.08. The van der Waals surface area contributed by atoms with E-state index >= 15 is 0 Å². The number of rotatable bonds is 7. The third-order valence-corrected chi connectivity index (χ3v) is 8.36. The summed E-state index contributed by atoms with van der Waals surface area (Å²) in [6.07, 6.45) is 0. The highest BCUT2D eigenvalue weighted by molar-refractivity contribution is 7.99. The molecule has 182 valence electrons. The molecule has 3 heterocycles. The second-order valence-corrected chi connectivity index (χ2v) is 10.4. The number of thiophene rings is 2. The highest BCUT2D eigenvalue weighted by atomic mass is 32.2. The van der Waals surface area contributed by atoms with E-state index in [2.05, 4.69) is 33.0 Å². The third-order valence-electron chi connectivity index (χ3n) is 5.48. The summed E-state index contributed by atoms with van der Waals surface area (Å²) in [4.78, 5) is 25.3. The second kappa shape index (κ2) is 10.2. The number of hydrogen-bond donors (Lipinski definition) is 1. The number of amides is 1. The molecule has 0 bridgehead atoms. The Morgan fingerprint density at radius 1 is 1.06 bits per heavy atom. The maximum absolute atomic E-state index is 13.3. The van der Waals surface area contributed by atoms with Crippen molar-refractivity contribution in [3.8, 4) is 22.5 Å². The Morgan fingerprint density at radius 2 is 1.81 bits per heavy atom. The number of halogens is 1. The number of anilines is 1. The number of aromatic nitrogens is 3. The summed E-state index contributed by atoms with van der Waals surface area (Å²) in [7, 11) is 3.14. The van der Waals surface area contributed by atoms with Crippen LogP contribution in [0.1, 0.15) is 10.4 Å². The van der Waals surface area contributed by atoms with Gasteiger partial charge in [0.1, 0.15) is 16.4 Å². The van der Waals surface area contributed by atoms with Crippen LogP contribution in [0.25, 0.3) is 32.6 Å². The third kappa shape index (κ3) is 4.64. The van der Waals surface area contributed by atoms with Gasteiger partial charge in [-0.3, -0.25) is 4.79 Å². The highest BCUT2D eigenvalue weighted by Crippen LogP contribution is 2.37. The zero-order valence-electron chi connectivity index (χ0n) is 19.1. The Morgan fingerprint density at radius 3 is 2.58 bits per heavy atom. The lowest BCUT2D eigenvalue weighted by Crippen LogP contribution is -2.16. The minimum atomic E-state index is -0.584. The van der Waals surface area contributed by atoms with Crippen molar-refractivity contribution in [2.45, 2.75) is 5.16 Å². The first-order valence-corrected chi connectivity index (χ1v) is 13.4. The molecule has 36 heavy (non-hydrogen) atoms. The molecule has 0 aliphatic heterocycles. The smallest absolute Gasteiger partial charge is 0.341 e. The van der Waals surface area contributed by atoms with E-state index in [0.29, 0.717) is 21.3 Å². The number of fused-ring (bicyclic) bond motifs is 1. The Balaban J connectivity index is 1.32. The molecule has 0 spiro atoms. The summed E-state index contributed by atoms with van der Waals surface area (Å²) in [5.74, 6) is -0.466. The van der Waals surface area contributed by atoms with E-state index in [0.717, 1.165) is 16.8 Å². The largest absolute Gasteiger partial charge is 0.465 e. The Bertz CT molecular complexity index is 1570. The van der Waals surface area contributed by atoms with Gasteiger partial charge in [-0.1, -0.05) is 42.1 Å². The van der Waals surface area contributed by atoms with Gasteiger partial charge in [0.2, 0.25) is 5.91 Å². The number of thioether (sulfide) groups is 1. The minimum Gasteiger partial charge on any atom is -0.465 e. The summed E-state index contributed by atoms with van der Waals surface area (Å²) in [5.41, 5.74) is 2.44. The van der Waals surface area contributed by atoms with Crippen molar-refractivity contribution >= 4 is 61.4 Å². The first kappa shape index (κ1) is 24.2. The molecule has 0 unspecified atom stereocenters. The fourth-order valence-corrected chi connectivity index (χ4v) is 6.34. The Kier molecular flexibility index (Phi) is 6.86. The molecule has 5 aromatic rings. The van der Waals surface area contributed by atoms with Crippen molar-refractivity contribution in [1.82, 2.24) is 14.8 Å². The van der Waals surface area contributed by atoms with Gasteiger partial charge < -0.3 is 14.6 Å². The quantitative estimate of drug-likeness (QED) is 0.200. The van der Waals surface area contributed by atoms with Gasteiger partial charge in [-0.15, -0.1) is 32.9 Å². The number of benzene rings is 2. The van der Waals surface area contributed by atoms with Crippen molar-refractivity contribution in [3.63, 3.8) is 0 Å².